The minimum atomic E-state index is -0.137. The van der Waals surface area contributed by atoms with Crippen LogP contribution >= 0.6 is 11.6 Å². The van der Waals surface area contributed by atoms with Gasteiger partial charge >= 0.3 is 0 Å². The largest absolute Gasteiger partial charge is 0.495 e. The van der Waals surface area contributed by atoms with E-state index in [9.17, 15) is 4.79 Å². The van der Waals surface area contributed by atoms with Crippen molar-refractivity contribution in [2.75, 3.05) is 33.2 Å². The molecule has 2 N–H and O–H groups in total. The number of benzene rings is 2. The number of carbonyl (C=O) groups is 1. The van der Waals surface area contributed by atoms with E-state index in [1.807, 2.05) is 12.1 Å². The van der Waals surface area contributed by atoms with E-state index in [2.05, 4.69) is 10.6 Å². The second kappa shape index (κ2) is 9.03. The standard InChI is InChI=1S/C18H21ClN2O4/c1-23-15-7-5-13(9-14(15)19)20-11-18(22)21-10-12-4-6-16(24-2)17(8-12)25-3/h4-9,20H,10-11H2,1-3H3,(H,21,22). The third kappa shape index (κ3) is 5.19. The summed E-state index contributed by atoms with van der Waals surface area (Å²) in [6.07, 6.45) is 0. The number of anilines is 1. The highest BCUT2D eigenvalue weighted by atomic mass is 35.5. The van der Waals surface area contributed by atoms with Crippen molar-refractivity contribution in [1.82, 2.24) is 5.32 Å². The topological polar surface area (TPSA) is 68.8 Å². The Hall–Kier alpha value is -2.60. The van der Waals surface area contributed by atoms with Gasteiger partial charge in [0.1, 0.15) is 5.75 Å². The maximum absolute atomic E-state index is 12.0. The molecule has 0 aliphatic rings. The first-order valence-electron chi connectivity index (χ1n) is 7.62. The molecular formula is C18H21ClN2O4. The molecule has 0 aliphatic heterocycles. The lowest BCUT2D eigenvalue weighted by Gasteiger charge is -2.11. The molecule has 25 heavy (non-hydrogen) atoms. The predicted molar refractivity (Wildman–Crippen MR) is 97.9 cm³/mol. The van der Waals surface area contributed by atoms with Gasteiger partial charge in [0, 0.05) is 12.2 Å². The zero-order valence-corrected chi connectivity index (χ0v) is 15.1. The van der Waals surface area contributed by atoms with Gasteiger partial charge < -0.3 is 24.8 Å². The number of rotatable bonds is 8. The van der Waals surface area contributed by atoms with Crippen molar-refractivity contribution < 1.29 is 19.0 Å². The van der Waals surface area contributed by atoms with Gasteiger partial charge in [0.2, 0.25) is 5.91 Å². The van der Waals surface area contributed by atoms with Gasteiger partial charge in [-0.05, 0) is 35.9 Å². The van der Waals surface area contributed by atoms with Crippen LogP contribution in [-0.2, 0) is 11.3 Å². The number of carbonyl (C=O) groups excluding carboxylic acids is 1. The van der Waals surface area contributed by atoms with Crippen molar-refractivity contribution in [3.8, 4) is 17.2 Å². The summed E-state index contributed by atoms with van der Waals surface area (Å²) >= 11 is 6.05. The Morgan fingerprint density at radius 3 is 2.28 bits per heavy atom. The molecular weight excluding hydrogens is 344 g/mol. The van der Waals surface area contributed by atoms with Crippen molar-refractivity contribution in [3.05, 3.63) is 47.0 Å². The van der Waals surface area contributed by atoms with Crippen LogP contribution in [0.15, 0.2) is 36.4 Å². The van der Waals surface area contributed by atoms with E-state index >= 15 is 0 Å². The number of nitrogens with one attached hydrogen (secondary N) is 2. The van der Waals surface area contributed by atoms with E-state index in [4.69, 9.17) is 25.8 Å². The van der Waals surface area contributed by atoms with Crippen molar-refractivity contribution in [2.45, 2.75) is 6.54 Å². The third-order valence-corrected chi connectivity index (χ3v) is 3.84. The molecule has 0 saturated carbocycles. The molecule has 2 aromatic carbocycles. The van der Waals surface area contributed by atoms with Gasteiger partial charge in [-0.1, -0.05) is 17.7 Å². The summed E-state index contributed by atoms with van der Waals surface area (Å²) < 4.78 is 15.5. The fourth-order valence-electron chi connectivity index (χ4n) is 2.21. The molecule has 2 aromatic rings. The lowest BCUT2D eigenvalue weighted by molar-refractivity contribution is -0.119. The highest BCUT2D eigenvalue weighted by Gasteiger charge is 2.07. The van der Waals surface area contributed by atoms with Gasteiger partial charge in [0.25, 0.3) is 0 Å². The molecule has 0 spiro atoms. The molecule has 6 nitrogen and oxygen atoms in total. The van der Waals surface area contributed by atoms with Gasteiger partial charge in [0.15, 0.2) is 11.5 Å². The average Bonchev–Trinajstić information content (AvgIpc) is 2.64. The molecule has 0 heterocycles. The van der Waals surface area contributed by atoms with Crippen LogP contribution in [0.2, 0.25) is 5.02 Å². The normalized spacial score (nSPS) is 10.1. The number of halogens is 1. The zero-order chi connectivity index (χ0) is 18.2. The molecule has 134 valence electrons. The maximum atomic E-state index is 12.0. The van der Waals surface area contributed by atoms with Gasteiger partial charge in [0.05, 0.1) is 32.9 Å². The van der Waals surface area contributed by atoms with Gasteiger partial charge in [-0.2, -0.15) is 0 Å². The first kappa shape index (κ1) is 18.7. The fourth-order valence-corrected chi connectivity index (χ4v) is 2.47. The molecule has 7 heteroatoms. The average molecular weight is 365 g/mol. The van der Waals surface area contributed by atoms with E-state index < -0.39 is 0 Å². The van der Waals surface area contributed by atoms with Crippen molar-refractivity contribution in [2.24, 2.45) is 0 Å². The lowest BCUT2D eigenvalue weighted by atomic mass is 10.2. The molecule has 0 aromatic heterocycles. The van der Waals surface area contributed by atoms with Crippen LogP contribution in [0.5, 0.6) is 17.2 Å². The summed E-state index contributed by atoms with van der Waals surface area (Å²) in [6, 6.07) is 10.8. The number of methoxy groups -OCH3 is 3. The molecule has 2 rings (SSSR count). The summed E-state index contributed by atoms with van der Waals surface area (Å²) in [5.74, 6) is 1.72. The Morgan fingerprint density at radius 2 is 1.64 bits per heavy atom. The SMILES string of the molecule is COc1ccc(NCC(=O)NCc2ccc(OC)c(OC)c2)cc1Cl. The van der Waals surface area contributed by atoms with E-state index in [0.717, 1.165) is 11.3 Å². The van der Waals surface area contributed by atoms with E-state index in [1.54, 1.807) is 45.6 Å². The molecule has 0 radical (unpaired) electrons. The lowest BCUT2D eigenvalue weighted by Crippen LogP contribution is -2.29. The number of hydrogen-bond donors (Lipinski definition) is 2. The van der Waals surface area contributed by atoms with Gasteiger partial charge in [-0.15, -0.1) is 0 Å². The van der Waals surface area contributed by atoms with Crippen LogP contribution in [0, 0.1) is 0 Å². The second-order valence-electron chi connectivity index (χ2n) is 5.17. The molecule has 0 atom stereocenters. The first-order valence-corrected chi connectivity index (χ1v) is 8.00. The Balaban J connectivity index is 1.85. The highest BCUT2D eigenvalue weighted by molar-refractivity contribution is 6.32. The minimum Gasteiger partial charge on any atom is -0.495 e. The molecule has 0 saturated heterocycles. The predicted octanol–water partition coefficient (Wildman–Crippen LogP) is 3.09. The van der Waals surface area contributed by atoms with Crippen LogP contribution in [0.4, 0.5) is 5.69 Å². The maximum Gasteiger partial charge on any atom is 0.239 e. The molecule has 0 bridgehead atoms. The Morgan fingerprint density at radius 1 is 0.960 bits per heavy atom. The van der Waals surface area contributed by atoms with E-state index in [-0.39, 0.29) is 12.5 Å². The van der Waals surface area contributed by atoms with Crippen molar-refractivity contribution >= 4 is 23.2 Å². The Labute approximate surface area is 152 Å². The number of amides is 1. The van der Waals surface area contributed by atoms with Crippen molar-refractivity contribution in [1.29, 1.82) is 0 Å². The number of ether oxygens (including phenoxy) is 3. The summed E-state index contributed by atoms with van der Waals surface area (Å²) in [5.41, 5.74) is 1.66. The minimum absolute atomic E-state index is 0.135. The number of hydrogen-bond acceptors (Lipinski definition) is 5. The Bertz CT molecular complexity index is 737. The summed E-state index contributed by atoms with van der Waals surface area (Å²) in [6.45, 7) is 0.528. The summed E-state index contributed by atoms with van der Waals surface area (Å²) in [5, 5.41) is 6.34. The van der Waals surface area contributed by atoms with Crippen LogP contribution in [-0.4, -0.2) is 33.8 Å². The Kier molecular flexibility index (Phi) is 6.77. The van der Waals surface area contributed by atoms with Crippen LogP contribution in [0.3, 0.4) is 0 Å². The quantitative estimate of drug-likeness (QED) is 0.753. The van der Waals surface area contributed by atoms with Crippen LogP contribution < -0.4 is 24.8 Å². The van der Waals surface area contributed by atoms with Gasteiger partial charge in [-0.3, -0.25) is 4.79 Å². The monoisotopic (exact) mass is 364 g/mol. The molecule has 0 aliphatic carbocycles. The third-order valence-electron chi connectivity index (χ3n) is 3.54. The van der Waals surface area contributed by atoms with Crippen LogP contribution in [0.1, 0.15) is 5.56 Å². The highest BCUT2D eigenvalue weighted by Crippen LogP contribution is 2.28. The molecule has 0 fully saturated rings. The smallest absolute Gasteiger partial charge is 0.239 e. The van der Waals surface area contributed by atoms with E-state index in [0.29, 0.717) is 28.8 Å². The summed E-state index contributed by atoms with van der Waals surface area (Å²) in [4.78, 5) is 12.0. The zero-order valence-electron chi connectivity index (χ0n) is 14.4. The second-order valence-corrected chi connectivity index (χ2v) is 5.58. The molecule has 1 amide bonds. The van der Waals surface area contributed by atoms with Gasteiger partial charge in [-0.25, -0.2) is 0 Å². The van der Waals surface area contributed by atoms with Crippen LogP contribution in [0.25, 0.3) is 0 Å². The van der Waals surface area contributed by atoms with E-state index in [1.165, 1.54) is 0 Å². The fraction of sp³-hybridized carbons (Fsp3) is 0.278. The first-order chi connectivity index (χ1) is 12.1. The molecule has 0 unspecified atom stereocenters. The van der Waals surface area contributed by atoms with Crippen molar-refractivity contribution in [3.63, 3.8) is 0 Å². The summed E-state index contributed by atoms with van der Waals surface area (Å²) in [7, 11) is 4.70.